The van der Waals surface area contributed by atoms with Gasteiger partial charge in [0.2, 0.25) is 0 Å². The summed E-state index contributed by atoms with van der Waals surface area (Å²) in [5, 5.41) is 0. The molecule has 1 aromatic heterocycles. The van der Waals surface area contributed by atoms with E-state index < -0.39 is 0 Å². The van der Waals surface area contributed by atoms with Gasteiger partial charge in [0, 0.05) is 16.8 Å². The fourth-order valence-electron chi connectivity index (χ4n) is 2.70. The van der Waals surface area contributed by atoms with Crippen LogP contribution in [0.2, 0.25) is 0 Å². The van der Waals surface area contributed by atoms with E-state index in [4.69, 9.17) is 9.97 Å². The van der Waals surface area contributed by atoms with Crippen LogP contribution in [0.3, 0.4) is 0 Å². The third kappa shape index (κ3) is 2.91. The number of hydrogen-bond donors (Lipinski definition) is 0. The van der Waals surface area contributed by atoms with Crippen molar-refractivity contribution in [2.75, 3.05) is 0 Å². The van der Waals surface area contributed by atoms with E-state index in [0.717, 1.165) is 41.2 Å². The molecule has 0 aliphatic heterocycles. The van der Waals surface area contributed by atoms with Crippen molar-refractivity contribution in [3.05, 3.63) is 71.9 Å². The maximum absolute atomic E-state index is 4.88. The van der Waals surface area contributed by atoms with Gasteiger partial charge in [-0.15, -0.1) is 0 Å². The third-order valence-corrected chi connectivity index (χ3v) is 3.79. The van der Waals surface area contributed by atoms with Crippen molar-refractivity contribution >= 4 is 0 Å². The second-order valence-corrected chi connectivity index (χ2v) is 5.44. The maximum Gasteiger partial charge on any atom is 0.160 e. The number of nitrogens with zero attached hydrogens (tertiary/aromatic N) is 2. The summed E-state index contributed by atoms with van der Waals surface area (Å²) in [6.07, 6.45) is 2.10. The number of hydrogen-bond acceptors (Lipinski definition) is 2. The molecule has 2 aromatic carbocycles. The van der Waals surface area contributed by atoms with Crippen LogP contribution in [0.1, 0.15) is 24.6 Å². The molecule has 110 valence electrons. The molecule has 0 saturated heterocycles. The molecule has 0 saturated carbocycles. The molecule has 0 radical (unpaired) electrons. The minimum absolute atomic E-state index is 0.803. The summed E-state index contributed by atoms with van der Waals surface area (Å²) in [7, 11) is 0. The number of benzene rings is 2. The minimum Gasteiger partial charge on any atom is -0.233 e. The first-order valence-corrected chi connectivity index (χ1v) is 7.78. The highest BCUT2D eigenvalue weighted by atomic mass is 14.9. The first-order chi connectivity index (χ1) is 10.8. The molecule has 0 N–H and O–H groups in total. The lowest BCUT2D eigenvalue weighted by molar-refractivity contribution is 0.888. The van der Waals surface area contributed by atoms with E-state index in [1.54, 1.807) is 0 Å². The normalized spacial score (nSPS) is 10.6. The van der Waals surface area contributed by atoms with Gasteiger partial charge in [0.15, 0.2) is 5.82 Å². The Balaban J connectivity index is 2.19. The van der Waals surface area contributed by atoms with E-state index >= 15 is 0 Å². The molecule has 0 aliphatic carbocycles. The first kappa shape index (κ1) is 14.5. The molecule has 0 aliphatic rings. The summed E-state index contributed by atoms with van der Waals surface area (Å²) in [4.78, 5) is 9.62. The topological polar surface area (TPSA) is 25.8 Å². The first-order valence-electron chi connectivity index (χ1n) is 7.78. The summed E-state index contributed by atoms with van der Waals surface area (Å²) in [6, 6.07) is 20.6. The Morgan fingerprint density at radius 2 is 1.36 bits per heavy atom. The smallest absolute Gasteiger partial charge is 0.160 e. The molecule has 0 amide bonds. The van der Waals surface area contributed by atoms with E-state index in [1.807, 2.05) is 24.3 Å². The van der Waals surface area contributed by atoms with E-state index in [2.05, 4.69) is 50.2 Å². The molecule has 2 nitrogen and oxygen atoms in total. The van der Waals surface area contributed by atoms with Crippen LogP contribution < -0.4 is 0 Å². The SMILES string of the molecule is CCCc1c(C)nc(-c2ccccc2)nc1-c1ccccc1. The van der Waals surface area contributed by atoms with Gasteiger partial charge in [0.1, 0.15) is 0 Å². The van der Waals surface area contributed by atoms with Crippen LogP contribution >= 0.6 is 0 Å². The van der Waals surface area contributed by atoms with Crippen molar-refractivity contribution in [3.63, 3.8) is 0 Å². The second kappa shape index (κ2) is 6.52. The summed E-state index contributed by atoms with van der Waals surface area (Å²) < 4.78 is 0. The van der Waals surface area contributed by atoms with Crippen LogP contribution in [0.5, 0.6) is 0 Å². The Kier molecular flexibility index (Phi) is 4.29. The molecule has 0 unspecified atom stereocenters. The standard InChI is InChI=1S/C20H20N2/c1-3-10-18-15(2)21-20(17-13-8-5-9-14-17)22-19(18)16-11-6-4-7-12-16/h4-9,11-14H,3,10H2,1-2H3. The number of rotatable bonds is 4. The zero-order chi connectivity index (χ0) is 15.4. The fraction of sp³-hybridized carbons (Fsp3) is 0.200. The van der Waals surface area contributed by atoms with Crippen molar-refractivity contribution in [1.82, 2.24) is 9.97 Å². The molecular formula is C20H20N2. The van der Waals surface area contributed by atoms with Gasteiger partial charge in [0.05, 0.1) is 5.69 Å². The van der Waals surface area contributed by atoms with E-state index in [0.29, 0.717) is 0 Å². The van der Waals surface area contributed by atoms with Gasteiger partial charge in [-0.1, -0.05) is 74.0 Å². The zero-order valence-electron chi connectivity index (χ0n) is 13.1. The molecule has 3 rings (SSSR count). The zero-order valence-corrected chi connectivity index (χ0v) is 13.1. The molecule has 0 spiro atoms. The van der Waals surface area contributed by atoms with E-state index in [1.165, 1.54) is 5.56 Å². The minimum atomic E-state index is 0.803. The van der Waals surface area contributed by atoms with Gasteiger partial charge in [-0.25, -0.2) is 9.97 Å². The van der Waals surface area contributed by atoms with Crippen molar-refractivity contribution in [1.29, 1.82) is 0 Å². The lowest BCUT2D eigenvalue weighted by Gasteiger charge is -2.13. The van der Waals surface area contributed by atoms with Crippen molar-refractivity contribution in [2.45, 2.75) is 26.7 Å². The van der Waals surface area contributed by atoms with Gasteiger partial charge in [-0.3, -0.25) is 0 Å². The second-order valence-electron chi connectivity index (χ2n) is 5.44. The van der Waals surface area contributed by atoms with Crippen molar-refractivity contribution < 1.29 is 0 Å². The average Bonchev–Trinajstić information content (AvgIpc) is 2.58. The average molecular weight is 288 g/mol. The lowest BCUT2D eigenvalue weighted by Crippen LogP contribution is -2.03. The summed E-state index contributed by atoms with van der Waals surface area (Å²) in [5.74, 6) is 0.803. The monoisotopic (exact) mass is 288 g/mol. The highest BCUT2D eigenvalue weighted by Gasteiger charge is 2.13. The largest absolute Gasteiger partial charge is 0.233 e. The Labute approximate surface area is 131 Å². The van der Waals surface area contributed by atoms with E-state index in [-0.39, 0.29) is 0 Å². The Morgan fingerprint density at radius 1 is 0.773 bits per heavy atom. The highest BCUT2D eigenvalue weighted by Crippen LogP contribution is 2.27. The summed E-state index contributed by atoms with van der Waals surface area (Å²) in [6.45, 7) is 4.28. The van der Waals surface area contributed by atoms with Gasteiger partial charge >= 0.3 is 0 Å². The van der Waals surface area contributed by atoms with Gasteiger partial charge < -0.3 is 0 Å². The van der Waals surface area contributed by atoms with Crippen molar-refractivity contribution in [2.24, 2.45) is 0 Å². The lowest BCUT2D eigenvalue weighted by atomic mass is 10.0. The van der Waals surface area contributed by atoms with E-state index in [9.17, 15) is 0 Å². The highest BCUT2D eigenvalue weighted by molar-refractivity contribution is 5.67. The number of aromatic nitrogens is 2. The van der Waals surface area contributed by atoms with Crippen LogP contribution in [0, 0.1) is 6.92 Å². The third-order valence-electron chi connectivity index (χ3n) is 3.79. The Bertz CT molecular complexity index is 749. The molecule has 22 heavy (non-hydrogen) atoms. The summed E-state index contributed by atoms with van der Waals surface area (Å²) >= 11 is 0. The van der Waals surface area contributed by atoms with Crippen LogP contribution in [-0.2, 0) is 6.42 Å². The van der Waals surface area contributed by atoms with Crippen LogP contribution in [-0.4, -0.2) is 9.97 Å². The maximum atomic E-state index is 4.88. The Morgan fingerprint density at radius 3 is 1.95 bits per heavy atom. The molecule has 0 fully saturated rings. The van der Waals surface area contributed by atoms with Crippen molar-refractivity contribution in [3.8, 4) is 22.6 Å². The summed E-state index contributed by atoms with van der Waals surface area (Å²) in [5.41, 5.74) is 5.62. The molecule has 2 heteroatoms. The van der Waals surface area contributed by atoms with Crippen LogP contribution in [0.4, 0.5) is 0 Å². The quantitative estimate of drug-likeness (QED) is 0.669. The molecule has 3 aromatic rings. The number of aryl methyl sites for hydroxylation is 1. The molecule has 1 heterocycles. The fourth-order valence-corrected chi connectivity index (χ4v) is 2.70. The molecule has 0 atom stereocenters. The van der Waals surface area contributed by atoms with Gasteiger partial charge in [-0.2, -0.15) is 0 Å². The van der Waals surface area contributed by atoms with Crippen LogP contribution in [0.25, 0.3) is 22.6 Å². The van der Waals surface area contributed by atoms with Crippen LogP contribution in [0.15, 0.2) is 60.7 Å². The van der Waals surface area contributed by atoms with Gasteiger partial charge in [0.25, 0.3) is 0 Å². The molecule has 0 bridgehead atoms. The molecular weight excluding hydrogens is 268 g/mol. The predicted molar refractivity (Wildman–Crippen MR) is 91.6 cm³/mol. The van der Waals surface area contributed by atoms with Gasteiger partial charge in [-0.05, 0) is 18.9 Å². The Hall–Kier alpha value is -2.48. The predicted octanol–water partition coefficient (Wildman–Crippen LogP) is 5.07.